The summed E-state index contributed by atoms with van der Waals surface area (Å²) in [5.41, 5.74) is 10.2. The highest BCUT2D eigenvalue weighted by Gasteiger charge is 2.23. The van der Waals surface area contributed by atoms with Crippen molar-refractivity contribution in [1.82, 2.24) is 9.78 Å². The second-order valence-electron chi connectivity index (χ2n) is 5.60. The third kappa shape index (κ3) is 2.74. The number of aromatic nitrogens is 2. The van der Waals surface area contributed by atoms with Gasteiger partial charge >= 0.3 is 0 Å². The number of aryl methyl sites for hydroxylation is 2. The summed E-state index contributed by atoms with van der Waals surface area (Å²) in [6, 6.07) is 8.38. The highest BCUT2D eigenvalue weighted by Crippen LogP contribution is 2.25. The SMILES string of the molecule is Cc1ccc(-n2nc(C(C)(C)CN)cc2C)cc1Br. The predicted octanol–water partition coefficient (Wildman–Crippen LogP) is 3.49. The Labute approximate surface area is 122 Å². The van der Waals surface area contributed by atoms with Crippen LogP contribution in [0.2, 0.25) is 0 Å². The molecular weight excluding hydrogens is 302 g/mol. The van der Waals surface area contributed by atoms with E-state index in [0.29, 0.717) is 6.54 Å². The van der Waals surface area contributed by atoms with Crippen molar-refractivity contribution >= 4 is 15.9 Å². The summed E-state index contributed by atoms with van der Waals surface area (Å²) in [4.78, 5) is 0. The van der Waals surface area contributed by atoms with Gasteiger partial charge in [-0.15, -0.1) is 0 Å². The highest BCUT2D eigenvalue weighted by molar-refractivity contribution is 9.10. The Morgan fingerprint density at radius 2 is 1.95 bits per heavy atom. The van der Waals surface area contributed by atoms with E-state index in [1.807, 2.05) is 4.68 Å². The molecule has 1 heterocycles. The van der Waals surface area contributed by atoms with Crippen LogP contribution in [-0.2, 0) is 5.41 Å². The van der Waals surface area contributed by atoms with E-state index < -0.39 is 0 Å². The fourth-order valence-corrected chi connectivity index (χ4v) is 2.25. The zero-order valence-electron chi connectivity index (χ0n) is 11.9. The molecule has 19 heavy (non-hydrogen) atoms. The topological polar surface area (TPSA) is 43.8 Å². The van der Waals surface area contributed by atoms with Crippen molar-refractivity contribution in [2.24, 2.45) is 5.73 Å². The van der Waals surface area contributed by atoms with Crippen LogP contribution in [0.1, 0.15) is 30.8 Å². The molecule has 0 unspecified atom stereocenters. The van der Waals surface area contributed by atoms with Crippen LogP contribution in [0.15, 0.2) is 28.7 Å². The number of nitrogens with zero attached hydrogens (tertiary/aromatic N) is 2. The normalized spacial score (nSPS) is 11.9. The molecule has 1 aromatic heterocycles. The van der Waals surface area contributed by atoms with Gasteiger partial charge in [-0.2, -0.15) is 5.10 Å². The second-order valence-corrected chi connectivity index (χ2v) is 6.46. The molecule has 2 N–H and O–H groups in total. The maximum atomic E-state index is 5.82. The van der Waals surface area contributed by atoms with Crippen LogP contribution < -0.4 is 5.73 Å². The molecule has 0 fully saturated rings. The lowest BCUT2D eigenvalue weighted by Gasteiger charge is -2.19. The van der Waals surface area contributed by atoms with E-state index in [4.69, 9.17) is 10.8 Å². The molecule has 3 nitrogen and oxygen atoms in total. The van der Waals surface area contributed by atoms with E-state index in [9.17, 15) is 0 Å². The monoisotopic (exact) mass is 321 g/mol. The van der Waals surface area contributed by atoms with Crippen LogP contribution in [0.4, 0.5) is 0 Å². The van der Waals surface area contributed by atoms with Crippen molar-refractivity contribution in [3.05, 3.63) is 45.7 Å². The van der Waals surface area contributed by atoms with Crippen LogP contribution >= 0.6 is 15.9 Å². The first-order valence-corrected chi connectivity index (χ1v) is 7.18. The lowest BCUT2D eigenvalue weighted by Crippen LogP contribution is -2.28. The smallest absolute Gasteiger partial charge is 0.0700 e. The summed E-state index contributed by atoms with van der Waals surface area (Å²) in [7, 11) is 0. The van der Waals surface area contributed by atoms with Gasteiger partial charge in [0.1, 0.15) is 0 Å². The zero-order chi connectivity index (χ0) is 14.2. The van der Waals surface area contributed by atoms with Gasteiger partial charge < -0.3 is 5.73 Å². The fraction of sp³-hybridized carbons (Fsp3) is 0.400. The minimum atomic E-state index is -0.0993. The van der Waals surface area contributed by atoms with E-state index in [1.54, 1.807) is 0 Å². The number of hydrogen-bond donors (Lipinski definition) is 1. The first kappa shape index (κ1) is 14.3. The lowest BCUT2D eigenvalue weighted by atomic mass is 9.90. The number of benzene rings is 1. The van der Waals surface area contributed by atoms with Gasteiger partial charge in [-0.25, -0.2) is 4.68 Å². The van der Waals surface area contributed by atoms with Crippen LogP contribution in [0, 0.1) is 13.8 Å². The molecule has 2 rings (SSSR count). The molecule has 0 bridgehead atoms. The number of halogens is 1. The average Bonchev–Trinajstić information content (AvgIpc) is 2.76. The summed E-state index contributed by atoms with van der Waals surface area (Å²) in [5, 5.41) is 4.71. The van der Waals surface area contributed by atoms with E-state index in [2.05, 4.69) is 67.9 Å². The molecule has 0 atom stereocenters. The molecule has 102 valence electrons. The molecule has 0 radical (unpaired) electrons. The first-order valence-electron chi connectivity index (χ1n) is 6.39. The molecule has 0 aliphatic heterocycles. The van der Waals surface area contributed by atoms with Crippen molar-refractivity contribution in [2.75, 3.05) is 6.54 Å². The molecule has 2 aromatic rings. The summed E-state index contributed by atoms with van der Waals surface area (Å²) >= 11 is 3.57. The molecule has 0 saturated heterocycles. The van der Waals surface area contributed by atoms with Gasteiger partial charge in [-0.1, -0.05) is 35.8 Å². The molecule has 0 amide bonds. The molecular formula is C15H20BrN3. The van der Waals surface area contributed by atoms with Crippen LogP contribution in [0.3, 0.4) is 0 Å². The average molecular weight is 322 g/mol. The lowest BCUT2D eigenvalue weighted by molar-refractivity contribution is 0.515. The maximum absolute atomic E-state index is 5.82. The van der Waals surface area contributed by atoms with Gasteiger partial charge in [0.15, 0.2) is 0 Å². The summed E-state index contributed by atoms with van der Waals surface area (Å²) < 4.78 is 3.07. The quantitative estimate of drug-likeness (QED) is 0.940. The Balaban J connectivity index is 2.49. The predicted molar refractivity (Wildman–Crippen MR) is 82.8 cm³/mol. The van der Waals surface area contributed by atoms with Crippen molar-refractivity contribution in [3.8, 4) is 5.69 Å². The Morgan fingerprint density at radius 3 is 2.53 bits per heavy atom. The van der Waals surface area contributed by atoms with Crippen LogP contribution in [0.25, 0.3) is 5.69 Å². The van der Waals surface area contributed by atoms with Gasteiger partial charge in [-0.3, -0.25) is 0 Å². The third-order valence-electron chi connectivity index (χ3n) is 3.49. The Kier molecular flexibility index (Phi) is 3.83. The summed E-state index contributed by atoms with van der Waals surface area (Å²) in [6.07, 6.45) is 0. The highest BCUT2D eigenvalue weighted by atomic mass is 79.9. The number of nitrogens with two attached hydrogens (primary N) is 1. The molecule has 0 aliphatic rings. The first-order chi connectivity index (χ1) is 8.85. The molecule has 1 aromatic carbocycles. The van der Waals surface area contributed by atoms with E-state index >= 15 is 0 Å². The molecule has 4 heteroatoms. The molecule has 0 aliphatic carbocycles. The minimum absolute atomic E-state index is 0.0993. The summed E-state index contributed by atoms with van der Waals surface area (Å²) in [6.45, 7) is 8.96. The van der Waals surface area contributed by atoms with Crippen molar-refractivity contribution in [1.29, 1.82) is 0 Å². The fourth-order valence-electron chi connectivity index (χ4n) is 1.88. The number of rotatable bonds is 3. The van der Waals surface area contributed by atoms with Gasteiger partial charge in [-0.05, 0) is 37.6 Å². The standard InChI is InChI=1S/C15H20BrN3/c1-10-5-6-12(8-13(10)16)19-11(2)7-14(18-19)15(3,4)9-17/h5-8H,9,17H2,1-4H3. The van der Waals surface area contributed by atoms with Crippen molar-refractivity contribution < 1.29 is 0 Å². The third-order valence-corrected chi connectivity index (χ3v) is 4.35. The van der Waals surface area contributed by atoms with Gasteiger partial charge in [0.25, 0.3) is 0 Å². The van der Waals surface area contributed by atoms with Crippen molar-refractivity contribution in [3.63, 3.8) is 0 Å². The van der Waals surface area contributed by atoms with Crippen molar-refractivity contribution in [2.45, 2.75) is 33.1 Å². The minimum Gasteiger partial charge on any atom is -0.330 e. The van der Waals surface area contributed by atoms with Gasteiger partial charge in [0.2, 0.25) is 0 Å². The Bertz CT molecular complexity index is 599. The second kappa shape index (κ2) is 5.10. The largest absolute Gasteiger partial charge is 0.330 e. The van der Waals surface area contributed by atoms with Crippen LogP contribution in [0.5, 0.6) is 0 Å². The summed E-state index contributed by atoms with van der Waals surface area (Å²) in [5.74, 6) is 0. The zero-order valence-corrected chi connectivity index (χ0v) is 13.5. The van der Waals surface area contributed by atoms with Gasteiger partial charge in [0.05, 0.1) is 11.4 Å². The van der Waals surface area contributed by atoms with Gasteiger partial charge in [0, 0.05) is 22.1 Å². The Morgan fingerprint density at radius 1 is 1.26 bits per heavy atom. The maximum Gasteiger partial charge on any atom is 0.0700 e. The molecule has 0 saturated carbocycles. The van der Waals surface area contributed by atoms with Crippen LogP contribution in [-0.4, -0.2) is 16.3 Å². The van der Waals surface area contributed by atoms with E-state index in [0.717, 1.165) is 21.5 Å². The molecule has 0 spiro atoms. The van der Waals surface area contributed by atoms with E-state index in [1.165, 1.54) is 5.56 Å². The Hall–Kier alpha value is -1.13. The number of hydrogen-bond acceptors (Lipinski definition) is 2. The van der Waals surface area contributed by atoms with E-state index in [-0.39, 0.29) is 5.41 Å².